The number of benzene rings is 1. The van der Waals surface area contributed by atoms with Gasteiger partial charge >= 0.3 is 5.97 Å². The molecule has 1 aromatic heterocycles. The molecule has 2 saturated heterocycles. The third-order valence-corrected chi connectivity index (χ3v) is 15.3. The number of ketones is 2. The lowest BCUT2D eigenvalue weighted by molar-refractivity contribution is -0.302. The molecule has 15 atom stereocenters. The Hall–Kier alpha value is -3.96. The van der Waals surface area contributed by atoms with E-state index >= 15 is 0 Å². The van der Waals surface area contributed by atoms with Crippen molar-refractivity contribution in [2.24, 2.45) is 36.6 Å². The second kappa shape index (κ2) is 22.6. The first kappa shape index (κ1) is 52.4. The summed E-state index contributed by atoms with van der Waals surface area (Å²) in [7, 11) is 6.63. The Labute approximate surface area is 396 Å². The van der Waals surface area contributed by atoms with Crippen molar-refractivity contribution in [2.75, 3.05) is 27.9 Å². The molecule has 1 saturated carbocycles. The Morgan fingerprint density at radius 2 is 1.61 bits per heavy atom. The van der Waals surface area contributed by atoms with Crippen LogP contribution in [0.25, 0.3) is 10.9 Å². The normalized spacial score (nSPS) is 37.8. The summed E-state index contributed by atoms with van der Waals surface area (Å²) in [6.07, 6.45) is 3.56. The number of carbonyl (C=O) groups is 4. The molecule has 1 unspecified atom stereocenters. The van der Waals surface area contributed by atoms with Crippen molar-refractivity contribution in [1.82, 2.24) is 9.47 Å². The van der Waals surface area contributed by atoms with Gasteiger partial charge in [-0.05, 0) is 119 Å². The molecule has 1 aliphatic carbocycles. The number of ether oxygens (including phenoxy) is 6. The number of aryl methyl sites for hydroxylation is 1. The number of hydrogen-bond donors (Lipinski definition) is 3. The van der Waals surface area contributed by atoms with Crippen LogP contribution in [0.5, 0.6) is 5.75 Å². The molecule has 372 valence electrons. The minimum absolute atomic E-state index is 0.00883. The first-order valence-corrected chi connectivity index (χ1v) is 24.4. The lowest BCUT2D eigenvalue weighted by Crippen LogP contribution is -2.64. The molecule has 15 nitrogen and oxygen atoms in total. The van der Waals surface area contributed by atoms with E-state index in [1.165, 1.54) is 19.1 Å². The van der Waals surface area contributed by atoms with Crippen molar-refractivity contribution in [3.05, 3.63) is 53.8 Å². The maximum Gasteiger partial charge on any atom is 0.329 e. The van der Waals surface area contributed by atoms with Gasteiger partial charge in [0.1, 0.15) is 35.9 Å². The fraction of sp³-hybridized carbons (Fsp3) is 0.692. The lowest BCUT2D eigenvalue weighted by Gasteiger charge is -2.47. The Morgan fingerprint density at radius 1 is 0.910 bits per heavy atom. The maximum atomic E-state index is 14.6. The van der Waals surface area contributed by atoms with Crippen molar-refractivity contribution in [3.63, 3.8) is 0 Å². The van der Waals surface area contributed by atoms with Crippen molar-refractivity contribution in [1.29, 1.82) is 0 Å². The summed E-state index contributed by atoms with van der Waals surface area (Å²) in [5.74, 6) is -7.81. The Bertz CT molecular complexity index is 2120. The SMILES string of the molecule is CC[C@@H]1/C=C(/C)[C@@H](O)[C@H](C)C[C@H](OC)C2O[C@@](O)(C(=O)C(=O)N3CCCC[C@H]3C(=O)O[C@H](/C(C)=C/[C@@H]3CC[C@@H](Oc4ccc5c(ccn5C)c4)[C@H](OC)C3)[C@H](C)[C@@H](O)CC1=O)[C@H](C)C[C@@H]2OC. The second-order valence-corrected chi connectivity index (χ2v) is 19.9. The highest BCUT2D eigenvalue weighted by Gasteiger charge is 2.57. The number of fused-ring (bicyclic) bond motifs is 4. The number of cyclic esters (lactones) is 1. The molecule has 0 spiro atoms. The second-order valence-electron chi connectivity index (χ2n) is 19.9. The number of Topliss-reactive ketones (excluding diaryl/α,β-unsaturated/α-hetero) is 2. The fourth-order valence-electron chi connectivity index (χ4n) is 10.9. The first-order valence-electron chi connectivity index (χ1n) is 24.4. The van der Waals surface area contributed by atoms with Gasteiger partial charge in [0.2, 0.25) is 5.79 Å². The predicted octanol–water partition coefficient (Wildman–Crippen LogP) is 6.02. The number of rotatable bonds is 8. The summed E-state index contributed by atoms with van der Waals surface area (Å²) in [6, 6.07) is 6.92. The van der Waals surface area contributed by atoms with E-state index in [9.17, 15) is 34.5 Å². The van der Waals surface area contributed by atoms with Crippen molar-refractivity contribution in [3.8, 4) is 5.75 Å². The van der Waals surface area contributed by atoms with Crippen LogP contribution in [-0.4, -0.2) is 137 Å². The zero-order chi connectivity index (χ0) is 48.9. The highest BCUT2D eigenvalue weighted by Crippen LogP contribution is 2.40. The number of methoxy groups -OCH3 is 3. The van der Waals surface area contributed by atoms with Gasteiger partial charge in [0, 0.05) is 76.2 Å². The van der Waals surface area contributed by atoms with E-state index in [0.29, 0.717) is 43.3 Å². The van der Waals surface area contributed by atoms with E-state index < -0.39 is 89.8 Å². The quantitative estimate of drug-likeness (QED) is 0.158. The summed E-state index contributed by atoms with van der Waals surface area (Å²) >= 11 is 0. The van der Waals surface area contributed by atoms with Crippen LogP contribution in [0.2, 0.25) is 0 Å². The number of aliphatic hydroxyl groups excluding tert-OH is 2. The summed E-state index contributed by atoms with van der Waals surface area (Å²) in [5, 5.41) is 36.7. The first-order chi connectivity index (χ1) is 31.8. The molecule has 4 heterocycles. The third kappa shape index (κ3) is 11.6. The van der Waals surface area contributed by atoms with E-state index in [0.717, 1.165) is 23.1 Å². The van der Waals surface area contributed by atoms with Crippen LogP contribution < -0.4 is 4.74 Å². The van der Waals surface area contributed by atoms with Gasteiger partial charge in [-0.3, -0.25) is 14.4 Å². The number of allylic oxidation sites excluding steroid dienone is 2. The standard InChI is InChI=1S/C52H76N2O13/c1-11-35-23-29(2)46(57)30(3)24-44(63-9)48-45(64-10)25-32(5)52(61,67-48)49(58)50(59)54-20-13-12-14-39(54)51(60)66-47(33(6)40(55)28-41(35)56)31(4)22-34-15-18-42(43(26-34)62-8)65-37-16-17-38-36(27-37)19-21-53(38)7/h16-17,19,21-23,27,30,32-35,39-40,42-48,55,57,61H,11-15,18,20,24-26,28H2,1-10H3/b29-23-,31-22+/t30-,32-,33-,34+,35-,39+,40+,42-,43-,44+,45+,46-,47-,48?,52-/m1/s1. The number of nitrogens with zero attached hydrogens (tertiary/aromatic N) is 2. The predicted molar refractivity (Wildman–Crippen MR) is 251 cm³/mol. The van der Waals surface area contributed by atoms with Gasteiger partial charge < -0.3 is 53.2 Å². The summed E-state index contributed by atoms with van der Waals surface area (Å²) < 4.78 is 38.9. The van der Waals surface area contributed by atoms with E-state index in [1.807, 2.05) is 58.3 Å². The molecular weight excluding hydrogens is 861 g/mol. The Kier molecular flexibility index (Phi) is 17.7. The Morgan fingerprint density at radius 3 is 2.30 bits per heavy atom. The van der Waals surface area contributed by atoms with Gasteiger partial charge in [0.25, 0.3) is 11.7 Å². The van der Waals surface area contributed by atoms with Crippen LogP contribution in [0, 0.1) is 29.6 Å². The molecule has 6 rings (SSSR count). The van der Waals surface area contributed by atoms with E-state index in [2.05, 4.69) is 10.6 Å². The lowest BCUT2D eigenvalue weighted by atomic mass is 9.81. The molecular formula is C52H76N2O13. The van der Waals surface area contributed by atoms with Crippen LogP contribution in [-0.2, 0) is 49.9 Å². The van der Waals surface area contributed by atoms with Gasteiger partial charge in [0.05, 0.1) is 30.5 Å². The number of piperidine rings is 1. The van der Waals surface area contributed by atoms with E-state index in [-0.39, 0.29) is 56.1 Å². The minimum Gasteiger partial charge on any atom is -0.488 e. The molecule has 3 aliphatic heterocycles. The third-order valence-electron chi connectivity index (χ3n) is 15.3. The monoisotopic (exact) mass is 937 g/mol. The van der Waals surface area contributed by atoms with Crippen molar-refractivity contribution in [2.45, 2.75) is 166 Å². The van der Waals surface area contributed by atoms with Gasteiger partial charge in [-0.2, -0.15) is 0 Å². The zero-order valence-electron chi connectivity index (χ0n) is 41.2. The molecule has 4 aliphatic rings. The number of aromatic nitrogens is 1. The van der Waals surface area contributed by atoms with E-state index in [1.54, 1.807) is 34.0 Å². The number of carbonyl (C=O) groups excluding carboxylic acids is 4. The summed E-state index contributed by atoms with van der Waals surface area (Å²) in [5.41, 5.74) is 2.33. The molecule has 1 amide bonds. The Balaban J connectivity index is 1.31. The van der Waals surface area contributed by atoms with Crippen molar-refractivity contribution >= 4 is 34.3 Å². The molecule has 2 aromatic rings. The highest BCUT2D eigenvalue weighted by molar-refractivity contribution is 6.39. The van der Waals surface area contributed by atoms with Gasteiger partial charge in [-0.15, -0.1) is 0 Å². The molecule has 2 bridgehead atoms. The van der Waals surface area contributed by atoms with Crippen LogP contribution in [0.4, 0.5) is 0 Å². The summed E-state index contributed by atoms with van der Waals surface area (Å²) in [4.78, 5) is 58.5. The largest absolute Gasteiger partial charge is 0.488 e. The van der Waals surface area contributed by atoms with Crippen molar-refractivity contribution < 1.29 is 62.9 Å². The smallest absolute Gasteiger partial charge is 0.329 e. The molecule has 3 fully saturated rings. The molecule has 3 N–H and O–H groups in total. The van der Waals surface area contributed by atoms with Gasteiger partial charge in [-0.1, -0.05) is 39.8 Å². The van der Waals surface area contributed by atoms with Crippen LogP contribution in [0.1, 0.15) is 106 Å². The maximum absolute atomic E-state index is 14.6. The summed E-state index contributed by atoms with van der Waals surface area (Å²) in [6.45, 7) is 10.7. The number of aliphatic hydroxyl groups is 3. The average Bonchev–Trinajstić information content (AvgIpc) is 3.70. The highest BCUT2D eigenvalue weighted by atomic mass is 16.7. The molecule has 15 heteroatoms. The van der Waals surface area contributed by atoms with Crippen LogP contribution in [0.15, 0.2) is 53.8 Å². The fourth-order valence-corrected chi connectivity index (χ4v) is 10.9. The number of hydrogen-bond acceptors (Lipinski definition) is 13. The molecule has 67 heavy (non-hydrogen) atoms. The number of esters is 1. The van der Waals surface area contributed by atoms with Gasteiger partial charge in [0.15, 0.2) is 0 Å². The van der Waals surface area contributed by atoms with Crippen LogP contribution >= 0.6 is 0 Å². The van der Waals surface area contributed by atoms with E-state index in [4.69, 9.17) is 28.4 Å². The topological polar surface area (TPSA) is 193 Å². The number of amides is 1. The molecule has 0 radical (unpaired) electrons. The van der Waals surface area contributed by atoms with Crippen LogP contribution in [0.3, 0.4) is 0 Å². The zero-order valence-corrected chi connectivity index (χ0v) is 41.2. The minimum atomic E-state index is -2.58. The molecule has 1 aromatic carbocycles. The average molecular weight is 937 g/mol. The van der Waals surface area contributed by atoms with Gasteiger partial charge in [-0.25, -0.2) is 4.79 Å².